The summed E-state index contributed by atoms with van der Waals surface area (Å²) >= 11 is 0. The van der Waals surface area contributed by atoms with Gasteiger partial charge in [0.1, 0.15) is 6.61 Å². The molecule has 0 bridgehead atoms. The number of benzene rings is 1. The molecule has 0 saturated heterocycles. The predicted molar refractivity (Wildman–Crippen MR) is 218 cm³/mol. The van der Waals surface area contributed by atoms with Crippen molar-refractivity contribution >= 4 is 31.6 Å². The van der Waals surface area contributed by atoms with E-state index in [0.717, 1.165) is 11.1 Å². The fraction of sp³-hybridized carbons (Fsp3) is 0.703. The zero-order valence-corrected chi connectivity index (χ0v) is 34.5. The Morgan fingerprint density at radius 1 is 0.793 bits per heavy atom. The van der Waals surface area contributed by atoms with Crippen molar-refractivity contribution in [3.8, 4) is 0 Å². The third-order valence-corrected chi connectivity index (χ3v) is 7.90. The molecule has 330 valence electrons. The number of primary amides is 1. The maximum atomic E-state index is 12.9. The molecule has 21 heteroatoms. The topological polar surface area (TPSA) is 255 Å². The van der Waals surface area contributed by atoms with E-state index >= 15 is 0 Å². The number of urea groups is 1. The number of likely N-dealkylation sites (N-methyl/N-ethyl adjacent to an activating group) is 1. The van der Waals surface area contributed by atoms with Crippen molar-refractivity contribution in [3.05, 3.63) is 41.2 Å². The van der Waals surface area contributed by atoms with E-state index < -0.39 is 18.2 Å². The van der Waals surface area contributed by atoms with Crippen molar-refractivity contribution in [3.63, 3.8) is 0 Å². The smallest absolute Gasteiger partial charge is 0.410 e. The minimum Gasteiger partial charge on any atom is -0.443 e. The van der Waals surface area contributed by atoms with Crippen LogP contribution in [0.2, 0.25) is 0 Å². The van der Waals surface area contributed by atoms with E-state index in [9.17, 15) is 14.4 Å². The van der Waals surface area contributed by atoms with Gasteiger partial charge < -0.3 is 80.0 Å². The quantitative estimate of drug-likeness (QED) is 0.0217. The maximum absolute atomic E-state index is 12.9. The lowest BCUT2D eigenvalue weighted by molar-refractivity contribution is -0.118. The van der Waals surface area contributed by atoms with Crippen LogP contribution in [0.3, 0.4) is 0 Å². The Hall–Kier alpha value is -3.77. The summed E-state index contributed by atoms with van der Waals surface area (Å²) in [7, 11) is 10.8. The lowest BCUT2D eigenvalue weighted by atomic mass is 9.92. The Bertz CT molecular complexity index is 1270. The van der Waals surface area contributed by atoms with Crippen LogP contribution in [0.1, 0.15) is 24.0 Å². The average molecular weight is 827 g/mol. The van der Waals surface area contributed by atoms with Gasteiger partial charge in [-0.1, -0.05) is 17.9 Å². The number of nitrogens with zero attached hydrogens (tertiary/aromatic N) is 2. The molecule has 4 amide bonds. The van der Waals surface area contributed by atoms with E-state index in [1.165, 1.54) is 16.1 Å². The molecule has 0 heterocycles. The van der Waals surface area contributed by atoms with Gasteiger partial charge in [0.15, 0.2) is 0 Å². The first kappa shape index (κ1) is 52.3. The highest BCUT2D eigenvalue weighted by molar-refractivity contribution is 6.08. The number of anilines is 1. The summed E-state index contributed by atoms with van der Waals surface area (Å²) in [5.41, 5.74) is 13.4. The molecule has 0 unspecified atom stereocenters. The highest BCUT2D eigenvalue weighted by Gasteiger charge is 2.18. The minimum absolute atomic E-state index is 0.168. The van der Waals surface area contributed by atoms with E-state index in [1.807, 2.05) is 0 Å². The molecule has 0 aromatic heterocycles. The van der Waals surface area contributed by atoms with E-state index in [2.05, 4.69) is 16.0 Å². The molecule has 0 spiro atoms. The molecule has 1 rings (SSSR count). The molecule has 1 atom stereocenters. The number of rotatable bonds is 37. The molecule has 0 aliphatic carbocycles. The summed E-state index contributed by atoms with van der Waals surface area (Å²) in [5, 5.41) is 9.70. The second-order valence-electron chi connectivity index (χ2n) is 12.6. The fourth-order valence-corrected chi connectivity index (χ4v) is 4.83. The Morgan fingerprint density at radius 3 is 1.79 bits per heavy atom. The number of nitrogens with one attached hydrogen (secondary N) is 3. The Kier molecular flexibility index (Phi) is 31.7. The number of hydrogen-bond acceptors (Lipinski definition) is 16. The van der Waals surface area contributed by atoms with Crippen LogP contribution in [-0.4, -0.2) is 182 Å². The molecular weight excluding hydrogens is 759 g/mol. The van der Waals surface area contributed by atoms with Crippen LogP contribution < -0.4 is 33.3 Å². The predicted octanol–water partition coefficient (Wildman–Crippen LogP) is -0.363. The first-order valence-corrected chi connectivity index (χ1v) is 19.3. The van der Waals surface area contributed by atoms with E-state index in [4.69, 9.17) is 67.8 Å². The van der Waals surface area contributed by atoms with Crippen LogP contribution in [-0.2, 0) is 60.3 Å². The third-order valence-electron chi connectivity index (χ3n) is 7.90. The number of carbonyl (C=O) groups excluding carboxylic acids is 3. The summed E-state index contributed by atoms with van der Waals surface area (Å²) in [5.74, 6) is 5.74. The van der Waals surface area contributed by atoms with Gasteiger partial charge in [-0.15, -0.1) is 0 Å². The maximum Gasteiger partial charge on any atom is 0.410 e. The second-order valence-corrected chi connectivity index (χ2v) is 12.6. The highest BCUT2D eigenvalue weighted by atomic mass is 16.6. The number of hydrogen-bond donors (Lipinski definition) is 6. The highest BCUT2D eigenvalue weighted by Crippen LogP contribution is 2.19. The SMILES string of the molecule is [B]Cc1ccc(NC(=O)[C@H](CCCNC(N)=O)NC)cc1CN(C)C(=O)OC/C(N)=C/N(N)CCOCCOCCOCCOCCOCCOCCOCCOC. The van der Waals surface area contributed by atoms with Gasteiger partial charge in [0, 0.05) is 39.1 Å². The van der Waals surface area contributed by atoms with Gasteiger partial charge in [-0.2, -0.15) is 0 Å². The van der Waals surface area contributed by atoms with Crippen LogP contribution in [0.15, 0.2) is 30.1 Å². The number of carbonyl (C=O) groups is 3. The molecule has 1 aromatic rings. The van der Waals surface area contributed by atoms with E-state index in [0.29, 0.717) is 131 Å². The van der Waals surface area contributed by atoms with Gasteiger partial charge in [0.05, 0.1) is 125 Å². The molecule has 20 nitrogen and oxygen atoms in total. The summed E-state index contributed by atoms with van der Waals surface area (Å²) in [6, 6.07) is 4.19. The van der Waals surface area contributed by atoms with Crippen molar-refractivity contribution in [2.24, 2.45) is 17.3 Å². The summed E-state index contributed by atoms with van der Waals surface area (Å²) in [6.45, 7) is 7.74. The normalized spacial score (nSPS) is 12.0. The minimum atomic E-state index is -0.616. The number of ether oxygens (including phenoxy) is 9. The van der Waals surface area contributed by atoms with Crippen LogP contribution in [0.4, 0.5) is 15.3 Å². The molecule has 9 N–H and O–H groups in total. The zero-order valence-electron chi connectivity index (χ0n) is 34.5. The van der Waals surface area contributed by atoms with Crippen molar-refractivity contribution in [1.29, 1.82) is 0 Å². The Balaban J connectivity index is 2.16. The first-order chi connectivity index (χ1) is 28.1. The number of nitrogens with two attached hydrogens (primary N) is 3. The van der Waals surface area contributed by atoms with Crippen molar-refractivity contribution < 1.29 is 57.0 Å². The second kappa shape index (κ2) is 35.2. The van der Waals surface area contributed by atoms with Gasteiger partial charge >= 0.3 is 12.1 Å². The van der Waals surface area contributed by atoms with Crippen LogP contribution in [0.25, 0.3) is 0 Å². The monoisotopic (exact) mass is 826 g/mol. The van der Waals surface area contributed by atoms with Gasteiger partial charge in [0.25, 0.3) is 0 Å². The lowest BCUT2D eigenvalue weighted by Gasteiger charge is -2.21. The molecular formula is C37H67BN8O12. The molecule has 2 radical (unpaired) electrons. The zero-order chi connectivity index (χ0) is 42.6. The van der Waals surface area contributed by atoms with Crippen molar-refractivity contribution in [2.75, 3.05) is 145 Å². The molecule has 0 aliphatic heterocycles. The number of amides is 4. The summed E-state index contributed by atoms with van der Waals surface area (Å²) in [6.07, 6.45) is 2.11. The van der Waals surface area contributed by atoms with Crippen LogP contribution in [0.5, 0.6) is 0 Å². The Labute approximate surface area is 344 Å². The van der Waals surface area contributed by atoms with Crippen LogP contribution in [0, 0.1) is 0 Å². The summed E-state index contributed by atoms with van der Waals surface area (Å²) < 4.78 is 48.4. The molecule has 1 aromatic carbocycles. The van der Waals surface area contributed by atoms with Crippen LogP contribution >= 0.6 is 0 Å². The average Bonchev–Trinajstić information content (AvgIpc) is 3.20. The molecule has 0 saturated carbocycles. The van der Waals surface area contributed by atoms with E-state index in [1.54, 1.807) is 39.4 Å². The van der Waals surface area contributed by atoms with Gasteiger partial charge in [-0.25, -0.2) is 15.4 Å². The lowest BCUT2D eigenvalue weighted by Crippen LogP contribution is -2.39. The molecule has 0 aliphatic rings. The molecule has 58 heavy (non-hydrogen) atoms. The van der Waals surface area contributed by atoms with Gasteiger partial charge in [-0.3, -0.25) is 4.79 Å². The third kappa shape index (κ3) is 27.8. The molecule has 0 fully saturated rings. The summed E-state index contributed by atoms with van der Waals surface area (Å²) in [4.78, 5) is 37.9. The standard InChI is InChI=1S/C37H67BN8O12/c1-42-34(5-4-8-43-36(40)48)35(47)44-33-7-6-30(26-38)31(25-33)27-45(2)37(49)58-29-32(39)28-46(41)9-10-51-13-14-53-17-18-55-21-22-57-24-23-56-20-19-54-16-15-52-12-11-50-3/h6-7,25,28,34,42H,4-5,8-24,26-27,29,39,41H2,1-3H3,(H,44,47)(H3,40,43,48)/b32-28-/t34-/m0/s1. The van der Waals surface area contributed by atoms with Gasteiger partial charge in [0.2, 0.25) is 5.91 Å². The Morgan fingerprint density at radius 2 is 1.31 bits per heavy atom. The van der Waals surface area contributed by atoms with Crippen molar-refractivity contribution in [2.45, 2.75) is 31.7 Å². The van der Waals surface area contributed by atoms with Gasteiger partial charge in [-0.05, 0) is 37.6 Å². The largest absolute Gasteiger partial charge is 0.443 e. The fourth-order valence-electron chi connectivity index (χ4n) is 4.83. The number of methoxy groups -OCH3 is 1. The first-order valence-electron chi connectivity index (χ1n) is 19.3. The van der Waals surface area contributed by atoms with Crippen molar-refractivity contribution in [1.82, 2.24) is 20.5 Å². The van der Waals surface area contributed by atoms with E-state index in [-0.39, 0.29) is 31.1 Å². The number of hydrazine groups is 1.